The Morgan fingerprint density at radius 1 is 1.62 bits per heavy atom. The summed E-state index contributed by atoms with van der Waals surface area (Å²) in [7, 11) is 0. The molecule has 2 N–H and O–H groups in total. The lowest BCUT2D eigenvalue weighted by Crippen LogP contribution is -2.20. The second kappa shape index (κ2) is 6.19. The number of hydrogen-bond acceptors (Lipinski definition) is 6. The number of aromatic nitrogens is 1. The number of nitrogens with one attached hydrogen (secondary N) is 1. The van der Waals surface area contributed by atoms with E-state index in [1.807, 2.05) is 0 Å². The Morgan fingerprint density at radius 3 is 2.86 bits per heavy atom. The molecule has 2 heterocycles. The molecule has 0 saturated heterocycles. The molecule has 2 aromatic heterocycles. The van der Waals surface area contributed by atoms with Gasteiger partial charge in [-0.1, -0.05) is 6.07 Å². The average Bonchev–Trinajstić information content (AvgIpc) is 2.93. The first-order valence-electron chi connectivity index (χ1n) is 5.74. The second-order valence-electron chi connectivity index (χ2n) is 4.12. The molecule has 0 saturated carbocycles. The number of pyridine rings is 1. The Kier molecular flexibility index (Phi) is 4.53. The molecule has 1 atom stereocenters. The summed E-state index contributed by atoms with van der Waals surface area (Å²) in [6.07, 6.45) is 1.11. The zero-order chi connectivity index (χ0) is 15.6. The Hall–Kier alpha value is -2.00. The first-order chi connectivity index (χ1) is 9.91. The van der Waals surface area contributed by atoms with Crippen LogP contribution < -0.4 is 5.32 Å². The predicted molar refractivity (Wildman–Crippen MR) is 81.6 cm³/mol. The van der Waals surface area contributed by atoms with Crippen molar-refractivity contribution in [1.82, 2.24) is 4.98 Å². The molecule has 0 aromatic carbocycles. The zero-order valence-electron chi connectivity index (χ0n) is 10.7. The Balaban J connectivity index is 2.36. The molecule has 0 amide bonds. The summed E-state index contributed by atoms with van der Waals surface area (Å²) in [5, 5.41) is 24.7. The van der Waals surface area contributed by atoms with E-state index in [1.54, 1.807) is 24.4 Å². The van der Waals surface area contributed by atoms with Gasteiger partial charge in [-0.25, -0.2) is 9.78 Å². The number of anilines is 1. The Labute approximate surface area is 131 Å². The minimum atomic E-state index is -1.05. The van der Waals surface area contributed by atoms with Gasteiger partial charge in [0.15, 0.2) is 6.04 Å². The van der Waals surface area contributed by atoms with Crippen LogP contribution >= 0.6 is 27.3 Å². The summed E-state index contributed by atoms with van der Waals surface area (Å²) in [6.45, 7) is 1.57. The summed E-state index contributed by atoms with van der Waals surface area (Å²) in [6, 6.07) is 2.48. The summed E-state index contributed by atoms with van der Waals surface area (Å²) in [5.74, 6) is -0.805. The quantitative estimate of drug-likeness (QED) is 0.616. The molecular formula is C12H10BrN3O4S. The average molecular weight is 372 g/mol. The number of carbonyl (C=O) groups is 1. The first kappa shape index (κ1) is 15.4. The normalized spacial score (nSPS) is 11.9. The minimum absolute atomic E-state index is 0.129. The van der Waals surface area contributed by atoms with Gasteiger partial charge in [0.05, 0.1) is 9.40 Å². The molecule has 0 aliphatic rings. The predicted octanol–water partition coefficient (Wildman–Crippen LogP) is 3.36. The summed E-state index contributed by atoms with van der Waals surface area (Å²) in [5.41, 5.74) is 0.253. The fourth-order valence-corrected chi connectivity index (χ4v) is 2.89. The molecule has 21 heavy (non-hydrogen) atoms. The van der Waals surface area contributed by atoms with E-state index in [9.17, 15) is 20.0 Å². The number of nitro groups is 1. The van der Waals surface area contributed by atoms with Crippen LogP contribution in [0.1, 0.15) is 16.5 Å². The van der Waals surface area contributed by atoms with Gasteiger partial charge in [-0.2, -0.15) is 0 Å². The van der Waals surface area contributed by atoms with Crippen molar-refractivity contribution < 1.29 is 14.8 Å². The lowest BCUT2D eigenvalue weighted by atomic mass is 10.2. The molecular weight excluding hydrogens is 362 g/mol. The molecule has 0 bridgehead atoms. The third-order valence-corrected chi connectivity index (χ3v) is 4.70. The van der Waals surface area contributed by atoms with E-state index in [1.165, 1.54) is 11.3 Å². The van der Waals surface area contributed by atoms with Gasteiger partial charge in [0.2, 0.25) is 0 Å². The molecule has 2 aromatic rings. The smallest absolute Gasteiger partial charge is 0.331 e. The van der Waals surface area contributed by atoms with E-state index in [-0.39, 0.29) is 11.5 Å². The summed E-state index contributed by atoms with van der Waals surface area (Å²) >= 11 is 4.52. The Bertz CT molecular complexity index is 690. The number of rotatable bonds is 5. The van der Waals surface area contributed by atoms with Crippen LogP contribution in [0.3, 0.4) is 0 Å². The first-order valence-corrected chi connectivity index (χ1v) is 7.41. The molecule has 0 aliphatic heterocycles. The van der Waals surface area contributed by atoms with E-state index in [0.29, 0.717) is 14.9 Å². The fraction of sp³-hybridized carbons (Fsp3) is 0.167. The lowest BCUT2D eigenvalue weighted by molar-refractivity contribution is -0.385. The molecule has 9 heteroatoms. The maximum Gasteiger partial charge on any atom is 0.331 e. The number of aliphatic carboxylic acids is 1. The van der Waals surface area contributed by atoms with E-state index in [0.717, 1.165) is 6.20 Å². The molecule has 1 unspecified atom stereocenters. The van der Waals surface area contributed by atoms with Crippen molar-refractivity contribution in [3.05, 3.63) is 48.7 Å². The standard InChI is InChI=1S/C12H10BrN3O4S/c1-6-7(16(19)20)5-14-11(9(6)13)15-10(12(17)18)8-3-2-4-21-8/h2-5,10H,1H3,(H,14,15)(H,17,18). The van der Waals surface area contributed by atoms with Crippen molar-refractivity contribution in [2.45, 2.75) is 13.0 Å². The SMILES string of the molecule is Cc1c([N+](=O)[O-])cnc(NC(C(=O)O)c2cccs2)c1Br. The van der Waals surface area contributed by atoms with Crippen LogP contribution in [0.25, 0.3) is 0 Å². The third-order valence-electron chi connectivity index (χ3n) is 2.79. The van der Waals surface area contributed by atoms with Crippen LogP contribution in [0.5, 0.6) is 0 Å². The number of halogens is 1. The largest absolute Gasteiger partial charge is 0.479 e. The number of carboxylic acids is 1. The highest BCUT2D eigenvalue weighted by atomic mass is 79.9. The van der Waals surface area contributed by atoms with Crippen molar-refractivity contribution >= 4 is 44.7 Å². The molecule has 7 nitrogen and oxygen atoms in total. The van der Waals surface area contributed by atoms with Crippen LogP contribution in [-0.2, 0) is 4.79 Å². The van der Waals surface area contributed by atoms with Gasteiger partial charge in [-0.05, 0) is 34.3 Å². The van der Waals surface area contributed by atoms with Gasteiger partial charge in [0.25, 0.3) is 5.69 Å². The highest BCUT2D eigenvalue weighted by Crippen LogP contribution is 2.33. The highest BCUT2D eigenvalue weighted by molar-refractivity contribution is 9.10. The Morgan fingerprint density at radius 2 is 2.33 bits per heavy atom. The van der Waals surface area contributed by atoms with Crippen molar-refractivity contribution in [3.63, 3.8) is 0 Å². The van der Waals surface area contributed by atoms with Crippen LogP contribution in [0.4, 0.5) is 11.5 Å². The van der Waals surface area contributed by atoms with Gasteiger partial charge in [0, 0.05) is 10.4 Å². The third kappa shape index (κ3) is 3.19. The van der Waals surface area contributed by atoms with Crippen molar-refractivity contribution in [1.29, 1.82) is 0 Å². The number of hydrogen-bond donors (Lipinski definition) is 2. The number of thiophene rings is 1. The lowest BCUT2D eigenvalue weighted by Gasteiger charge is -2.15. The van der Waals surface area contributed by atoms with Crippen LogP contribution in [0, 0.1) is 17.0 Å². The van der Waals surface area contributed by atoms with Gasteiger partial charge in [-0.3, -0.25) is 10.1 Å². The van der Waals surface area contributed by atoms with Crippen molar-refractivity contribution in [3.8, 4) is 0 Å². The van der Waals surface area contributed by atoms with Crippen molar-refractivity contribution in [2.75, 3.05) is 5.32 Å². The molecule has 0 spiro atoms. The van der Waals surface area contributed by atoms with Gasteiger partial charge < -0.3 is 10.4 Å². The molecule has 0 radical (unpaired) electrons. The van der Waals surface area contributed by atoms with Crippen LogP contribution in [0.15, 0.2) is 28.2 Å². The van der Waals surface area contributed by atoms with E-state index in [4.69, 9.17) is 0 Å². The van der Waals surface area contributed by atoms with E-state index in [2.05, 4.69) is 26.2 Å². The fourth-order valence-electron chi connectivity index (χ4n) is 1.70. The summed E-state index contributed by atoms with van der Waals surface area (Å²) < 4.78 is 0.375. The van der Waals surface area contributed by atoms with Crippen LogP contribution in [-0.4, -0.2) is 21.0 Å². The van der Waals surface area contributed by atoms with Gasteiger partial charge in [0.1, 0.15) is 12.0 Å². The topological polar surface area (TPSA) is 105 Å². The van der Waals surface area contributed by atoms with E-state index < -0.39 is 16.9 Å². The molecule has 110 valence electrons. The highest BCUT2D eigenvalue weighted by Gasteiger charge is 2.24. The molecule has 0 aliphatic carbocycles. The van der Waals surface area contributed by atoms with Gasteiger partial charge in [-0.15, -0.1) is 11.3 Å². The van der Waals surface area contributed by atoms with Crippen molar-refractivity contribution in [2.24, 2.45) is 0 Å². The molecule has 0 fully saturated rings. The van der Waals surface area contributed by atoms with E-state index >= 15 is 0 Å². The zero-order valence-corrected chi connectivity index (χ0v) is 13.1. The monoisotopic (exact) mass is 371 g/mol. The number of carboxylic acid groups (broad SMARTS) is 1. The number of nitrogens with zero attached hydrogens (tertiary/aromatic N) is 2. The maximum absolute atomic E-state index is 11.4. The summed E-state index contributed by atoms with van der Waals surface area (Å²) in [4.78, 5) is 26.2. The minimum Gasteiger partial charge on any atom is -0.479 e. The van der Waals surface area contributed by atoms with Gasteiger partial charge >= 0.3 is 5.97 Å². The second-order valence-corrected chi connectivity index (χ2v) is 5.89. The maximum atomic E-state index is 11.4. The molecule has 2 rings (SSSR count). The van der Waals surface area contributed by atoms with Crippen LogP contribution in [0.2, 0.25) is 0 Å².